The van der Waals surface area contributed by atoms with E-state index in [0.717, 1.165) is 5.75 Å². The van der Waals surface area contributed by atoms with Gasteiger partial charge < -0.3 is 8.85 Å². The van der Waals surface area contributed by atoms with E-state index in [4.69, 9.17) is 8.85 Å². The molecule has 0 fully saturated rings. The first kappa shape index (κ1) is 16.8. The molecule has 0 radical (unpaired) electrons. The van der Waals surface area contributed by atoms with Crippen LogP contribution in [0, 0.1) is 0 Å². The molecule has 0 aliphatic carbocycles. The van der Waals surface area contributed by atoms with Gasteiger partial charge in [-0.05, 0) is 51.6 Å². The largest absolute Gasteiger partial charge is 0.540 e. The molecule has 0 saturated heterocycles. The van der Waals surface area contributed by atoms with Gasteiger partial charge >= 0.3 is 5.97 Å². The van der Waals surface area contributed by atoms with E-state index >= 15 is 0 Å². The third-order valence-electron chi connectivity index (χ3n) is 1.45. The van der Waals surface area contributed by atoms with Crippen LogP contribution >= 0.6 is 11.8 Å². The minimum atomic E-state index is -1.86. The van der Waals surface area contributed by atoms with Gasteiger partial charge in [0, 0.05) is 5.75 Å². The van der Waals surface area contributed by atoms with Crippen LogP contribution in [0.1, 0.15) is 0 Å². The summed E-state index contributed by atoms with van der Waals surface area (Å²) in [4.78, 5) is 12.0. The summed E-state index contributed by atoms with van der Waals surface area (Å²) >= 11 is 1.65. The fraction of sp³-hybridized carbons (Fsp3) is 0.727. The van der Waals surface area contributed by atoms with Gasteiger partial charge in [-0.25, -0.2) is 4.79 Å². The van der Waals surface area contributed by atoms with Gasteiger partial charge in [0.1, 0.15) is 0 Å². The molecular formula is C11H24O3SSi2. The Hall–Kier alpha value is -0.206. The van der Waals surface area contributed by atoms with E-state index < -0.39 is 16.6 Å². The molecule has 0 aliphatic rings. The summed E-state index contributed by atoms with van der Waals surface area (Å²) in [6.45, 7) is 12.1. The highest BCUT2D eigenvalue weighted by Gasteiger charge is 2.27. The van der Waals surface area contributed by atoms with Crippen LogP contribution in [0.3, 0.4) is 0 Å². The predicted octanol–water partition coefficient (Wildman–Crippen LogP) is 3.46. The van der Waals surface area contributed by atoms with Crippen LogP contribution in [-0.4, -0.2) is 34.6 Å². The Morgan fingerprint density at radius 1 is 1.06 bits per heavy atom. The molecule has 0 bridgehead atoms. The van der Waals surface area contributed by atoms with Gasteiger partial charge in [-0.1, -0.05) is 0 Å². The van der Waals surface area contributed by atoms with Gasteiger partial charge in [0.05, 0.1) is 0 Å². The molecule has 0 heterocycles. The average molecular weight is 293 g/mol. The van der Waals surface area contributed by atoms with Gasteiger partial charge in [0.2, 0.25) is 16.6 Å². The predicted molar refractivity (Wildman–Crippen MR) is 80.3 cm³/mol. The maximum atomic E-state index is 12.0. The van der Waals surface area contributed by atoms with Crippen LogP contribution in [0.15, 0.2) is 11.8 Å². The quantitative estimate of drug-likeness (QED) is 0.427. The minimum absolute atomic E-state index is 0.305. The second kappa shape index (κ2) is 6.65. The van der Waals surface area contributed by atoms with Crippen molar-refractivity contribution in [2.24, 2.45) is 0 Å². The zero-order valence-corrected chi connectivity index (χ0v) is 14.7. The Morgan fingerprint density at radius 2 is 1.53 bits per heavy atom. The summed E-state index contributed by atoms with van der Waals surface area (Å²) in [5, 5.41) is 0. The number of carbonyl (C=O) groups is 1. The summed E-state index contributed by atoms with van der Waals surface area (Å²) in [5.74, 6) is 0.849. The summed E-state index contributed by atoms with van der Waals surface area (Å²) < 4.78 is 11.2. The third kappa shape index (κ3) is 9.49. The van der Waals surface area contributed by atoms with Gasteiger partial charge in [-0.15, -0.1) is 0 Å². The third-order valence-corrected chi connectivity index (χ3v) is 3.58. The Labute approximate surface area is 111 Å². The smallest absolute Gasteiger partial charge is 0.358 e. The molecule has 100 valence electrons. The molecule has 0 rings (SSSR count). The van der Waals surface area contributed by atoms with Crippen LogP contribution in [0.2, 0.25) is 39.3 Å². The van der Waals surface area contributed by atoms with Crippen LogP contribution < -0.4 is 0 Å². The standard InChI is InChI=1S/C11H24O3SSi2/c1-15-9-8-10(13-16(2,3)4)11(12)14-17(5,6)7/h8H,9H2,1-7H3/b10-8-. The lowest BCUT2D eigenvalue weighted by Crippen LogP contribution is -2.34. The van der Waals surface area contributed by atoms with Gasteiger partial charge in [0.25, 0.3) is 0 Å². The van der Waals surface area contributed by atoms with Crippen molar-refractivity contribution in [1.29, 1.82) is 0 Å². The highest BCUT2D eigenvalue weighted by Crippen LogP contribution is 2.15. The Morgan fingerprint density at radius 3 is 1.88 bits per heavy atom. The van der Waals surface area contributed by atoms with Crippen LogP contribution in [0.25, 0.3) is 0 Å². The van der Waals surface area contributed by atoms with E-state index in [-0.39, 0.29) is 5.97 Å². The Balaban J connectivity index is 4.76. The normalized spacial score (nSPS) is 13.5. The zero-order valence-electron chi connectivity index (χ0n) is 11.9. The monoisotopic (exact) mass is 292 g/mol. The van der Waals surface area contributed by atoms with E-state index in [1.54, 1.807) is 11.8 Å². The number of hydrogen-bond donors (Lipinski definition) is 0. The molecule has 0 N–H and O–H groups in total. The van der Waals surface area contributed by atoms with Gasteiger partial charge in [-0.3, -0.25) is 0 Å². The lowest BCUT2D eigenvalue weighted by atomic mass is 10.5. The van der Waals surface area contributed by atoms with Crippen molar-refractivity contribution in [3.63, 3.8) is 0 Å². The number of rotatable bonds is 6. The van der Waals surface area contributed by atoms with Gasteiger partial charge in [0.15, 0.2) is 5.76 Å². The Kier molecular flexibility index (Phi) is 6.57. The highest BCUT2D eigenvalue weighted by molar-refractivity contribution is 7.98. The molecule has 17 heavy (non-hydrogen) atoms. The topological polar surface area (TPSA) is 35.5 Å². The Bertz CT molecular complexity index is 290. The maximum absolute atomic E-state index is 12.0. The second-order valence-electron chi connectivity index (χ2n) is 5.74. The van der Waals surface area contributed by atoms with Crippen molar-refractivity contribution in [2.45, 2.75) is 39.3 Å². The fourth-order valence-electron chi connectivity index (χ4n) is 0.984. The fourth-order valence-corrected chi connectivity index (χ4v) is 2.79. The molecule has 0 amide bonds. The second-order valence-corrected chi connectivity index (χ2v) is 15.5. The lowest BCUT2D eigenvalue weighted by Gasteiger charge is -2.24. The molecule has 0 aromatic heterocycles. The first-order valence-electron chi connectivity index (χ1n) is 5.66. The van der Waals surface area contributed by atoms with E-state index in [9.17, 15) is 4.79 Å². The summed E-state index contributed by atoms with van der Waals surface area (Å²) in [6.07, 6.45) is 3.82. The highest BCUT2D eigenvalue weighted by atomic mass is 32.2. The molecule has 0 spiro atoms. The average Bonchev–Trinajstić information content (AvgIpc) is 2.07. The molecule has 0 unspecified atom stereocenters. The first-order valence-corrected chi connectivity index (χ1v) is 13.9. The van der Waals surface area contributed by atoms with Crippen molar-refractivity contribution in [2.75, 3.05) is 12.0 Å². The van der Waals surface area contributed by atoms with Crippen molar-refractivity contribution in [1.82, 2.24) is 0 Å². The molecular weight excluding hydrogens is 268 g/mol. The summed E-state index contributed by atoms with van der Waals surface area (Å²) in [6, 6.07) is 0. The van der Waals surface area contributed by atoms with E-state index in [0.29, 0.717) is 5.76 Å². The zero-order chi connectivity index (χ0) is 13.7. The summed E-state index contributed by atoms with van der Waals surface area (Å²) in [5.41, 5.74) is 0. The molecule has 0 aliphatic heterocycles. The molecule has 6 heteroatoms. The van der Waals surface area contributed by atoms with Crippen molar-refractivity contribution < 1.29 is 13.6 Å². The lowest BCUT2D eigenvalue weighted by molar-refractivity contribution is -0.133. The van der Waals surface area contributed by atoms with Crippen LogP contribution in [0.4, 0.5) is 0 Å². The van der Waals surface area contributed by atoms with Crippen LogP contribution in [0.5, 0.6) is 0 Å². The van der Waals surface area contributed by atoms with Crippen LogP contribution in [-0.2, 0) is 13.6 Å². The van der Waals surface area contributed by atoms with Crippen molar-refractivity contribution in [3.05, 3.63) is 11.8 Å². The van der Waals surface area contributed by atoms with Gasteiger partial charge in [-0.2, -0.15) is 11.8 Å². The minimum Gasteiger partial charge on any atom is -0.540 e. The van der Waals surface area contributed by atoms with Crippen molar-refractivity contribution >= 4 is 34.4 Å². The molecule has 0 aromatic rings. The molecule has 0 atom stereocenters. The van der Waals surface area contributed by atoms with E-state index in [1.165, 1.54) is 0 Å². The van der Waals surface area contributed by atoms with E-state index in [2.05, 4.69) is 19.6 Å². The SMILES string of the molecule is CSC/C=C(\O[Si](C)(C)C)C(=O)O[Si](C)(C)C. The maximum Gasteiger partial charge on any atom is 0.358 e. The number of thioether (sulfide) groups is 1. The number of hydrogen-bond acceptors (Lipinski definition) is 4. The molecule has 0 aromatic carbocycles. The molecule has 3 nitrogen and oxygen atoms in total. The molecule has 0 saturated carbocycles. The van der Waals surface area contributed by atoms with Crippen molar-refractivity contribution in [3.8, 4) is 0 Å². The first-order chi connectivity index (χ1) is 7.55. The summed E-state index contributed by atoms with van der Waals surface area (Å²) in [7, 11) is -3.63. The number of carbonyl (C=O) groups excluding carboxylic acids is 1. The van der Waals surface area contributed by atoms with E-state index in [1.807, 2.05) is 32.0 Å².